The minimum Gasteiger partial charge on any atom is -0.619 e. The van der Waals surface area contributed by atoms with E-state index in [9.17, 15) is 14.8 Å². The average molecular weight is 813 g/mol. The zero-order chi connectivity index (χ0) is 39.9. The highest BCUT2D eigenvalue weighted by Crippen LogP contribution is 2.36. The first-order valence-electron chi connectivity index (χ1n) is 18.7. The molecule has 3 fully saturated rings. The highest BCUT2D eigenvalue weighted by atomic mass is 35.5. The predicted octanol–water partition coefficient (Wildman–Crippen LogP) is 8.27. The number of aromatic nitrogens is 1. The van der Waals surface area contributed by atoms with E-state index >= 15 is 0 Å². The Morgan fingerprint density at radius 1 is 0.842 bits per heavy atom. The molecule has 4 heterocycles. The molecule has 0 spiro atoms. The number of piperidine rings is 3. The van der Waals surface area contributed by atoms with Gasteiger partial charge < -0.3 is 34.2 Å². The van der Waals surface area contributed by atoms with Gasteiger partial charge in [-0.15, -0.1) is 0 Å². The summed E-state index contributed by atoms with van der Waals surface area (Å²) in [6.45, 7) is 3.14. The number of fused-ring (bicyclic) bond motifs is 3. The molecular weight excluding hydrogens is 769 g/mol. The van der Waals surface area contributed by atoms with Crippen LogP contribution < -0.4 is 24.3 Å². The summed E-state index contributed by atoms with van der Waals surface area (Å²) >= 11 is 12.8. The summed E-state index contributed by atoms with van der Waals surface area (Å²) in [4.78, 5) is 29.2. The van der Waals surface area contributed by atoms with Gasteiger partial charge in [0.25, 0.3) is 0 Å². The molecule has 5 aromatic rings. The Morgan fingerprint density at radius 2 is 1.54 bits per heavy atom. The standard InChI is InChI=1S/C44H43Cl2N3O8/c1-53-38-16-15-32(22-40(38)54-2)39(23-35-36(45)24-49(52)25-37(35)46)56-43(50)31-13-11-28(12-14-31)27-55-34-10-6-9-33(21-34)42(30-7-4-3-5-8-30)47-44(51)57-41-26-48-19-17-29(41)18-20-48/h3-16,21-22,24-25,29,39,41-42H,17-20,23,26-27H2,1-2H3,(H,47,51)/t39-,41-,42-/m0/s1. The molecule has 1 amide bonds. The number of carbonyl (C=O) groups is 2. The van der Waals surface area contributed by atoms with Crippen molar-refractivity contribution >= 4 is 35.3 Å². The molecule has 2 bridgehead atoms. The Labute approximate surface area is 341 Å². The fraction of sp³-hybridized carbons (Fsp3) is 0.295. The van der Waals surface area contributed by atoms with Crippen molar-refractivity contribution in [3.05, 3.63) is 158 Å². The van der Waals surface area contributed by atoms with Gasteiger partial charge in [-0.05, 0) is 90.5 Å². The number of halogens is 2. The largest absolute Gasteiger partial charge is 0.619 e. The minimum absolute atomic E-state index is 0.0896. The number of hydrogen-bond donors (Lipinski definition) is 1. The van der Waals surface area contributed by atoms with Gasteiger partial charge in [0.1, 0.15) is 34.6 Å². The monoisotopic (exact) mass is 811 g/mol. The zero-order valence-corrected chi connectivity index (χ0v) is 33.1. The van der Waals surface area contributed by atoms with Crippen LogP contribution in [0.5, 0.6) is 17.2 Å². The Balaban J connectivity index is 1.02. The second-order valence-corrected chi connectivity index (χ2v) is 14.9. The van der Waals surface area contributed by atoms with Crippen molar-refractivity contribution in [3.63, 3.8) is 0 Å². The van der Waals surface area contributed by atoms with Crippen LogP contribution in [0.15, 0.2) is 109 Å². The molecule has 57 heavy (non-hydrogen) atoms. The van der Waals surface area contributed by atoms with Crippen LogP contribution in [0.3, 0.4) is 0 Å². The molecule has 3 aliphatic heterocycles. The lowest BCUT2D eigenvalue weighted by atomic mass is 9.86. The topological polar surface area (TPSA) is 123 Å². The smallest absolute Gasteiger partial charge is 0.408 e. The number of hydrogen-bond acceptors (Lipinski definition) is 9. The van der Waals surface area contributed by atoms with Gasteiger partial charge in [0.05, 0.1) is 25.8 Å². The van der Waals surface area contributed by atoms with E-state index in [4.69, 9.17) is 46.9 Å². The maximum Gasteiger partial charge on any atom is 0.408 e. The molecule has 1 aromatic heterocycles. The second-order valence-electron chi connectivity index (χ2n) is 14.1. The molecule has 0 unspecified atom stereocenters. The van der Waals surface area contributed by atoms with Crippen molar-refractivity contribution < 1.29 is 38.0 Å². The summed E-state index contributed by atoms with van der Waals surface area (Å²) in [5.74, 6) is 1.39. The van der Waals surface area contributed by atoms with Crippen LogP contribution in [0.2, 0.25) is 10.0 Å². The van der Waals surface area contributed by atoms with E-state index < -0.39 is 24.2 Å². The number of amides is 1. The number of nitrogens with one attached hydrogen (secondary N) is 1. The number of benzene rings is 4. The van der Waals surface area contributed by atoms with Gasteiger partial charge in [-0.1, -0.05) is 83.9 Å². The number of carbonyl (C=O) groups excluding carboxylic acids is 2. The van der Waals surface area contributed by atoms with Gasteiger partial charge in [0.15, 0.2) is 23.9 Å². The van der Waals surface area contributed by atoms with Gasteiger partial charge in [-0.25, -0.2) is 9.59 Å². The summed E-state index contributed by atoms with van der Waals surface area (Å²) < 4.78 is 29.6. The Kier molecular flexibility index (Phi) is 12.7. The molecule has 3 saturated heterocycles. The van der Waals surface area contributed by atoms with Gasteiger partial charge in [0.2, 0.25) is 0 Å². The molecule has 1 N–H and O–H groups in total. The molecule has 296 valence electrons. The van der Waals surface area contributed by atoms with E-state index in [1.54, 1.807) is 42.5 Å². The number of esters is 1. The van der Waals surface area contributed by atoms with Crippen molar-refractivity contribution in [1.29, 1.82) is 0 Å². The van der Waals surface area contributed by atoms with Crippen LogP contribution >= 0.6 is 23.2 Å². The van der Waals surface area contributed by atoms with E-state index in [0.717, 1.165) is 49.2 Å². The summed E-state index contributed by atoms with van der Waals surface area (Å²) in [7, 11) is 3.04. The number of alkyl carbamates (subject to hydrolysis) is 1. The Morgan fingerprint density at radius 3 is 2.21 bits per heavy atom. The van der Waals surface area contributed by atoms with Gasteiger partial charge in [-0.3, -0.25) is 4.90 Å². The Bertz CT molecular complexity index is 2160. The van der Waals surface area contributed by atoms with Crippen molar-refractivity contribution in [2.45, 2.75) is 44.1 Å². The van der Waals surface area contributed by atoms with Crippen LogP contribution in [0.4, 0.5) is 4.79 Å². The van der Waals surface area contributed by atoms with Gasteiger partial charge in [-0.2, -0.15) is 4.73 Å². The lowest BCUT2D eigenvalue weighted by molar-refractivity contribution is -0.605. The molecule has 8 rings (SSSR count). The molecule has 3 aliphatic rings. The zero-order valence-electron chi connectivity index (χ0n) is 31.6. The third-order valence-corrected chi connectivity index (χ3v) is 11.2. The SMILES string of the molecule is COc1ccc([C@H](Cc2c(Cl)c[n+]([O-])cc2Cl)OC(=O)c2ccc(COc3cccc([C@@H](NC(=O)O[C@H]4CN5CCC4CC5)c4ccccc4)c3)cc2)cc1OC. The van der Waals surface area contributed by atoms with Gasteiger partial charge >= 0.3 is 12.1 Å². The van der Waals surface area contributed by atoms with Crippen molar-refractivity contribution in [3.8, 4) is 17.2 Å². The summed E-state index contributed by atoms with van der Waals surface area (Å²) in [6, 6.07) is 29.1. The lowest BCUT2D eigenvalue weighted by Crippen LogP contribution is -2.52. The second kappa shape index (κ2) is 18.2. The van der Waals surface area contributed by atoms with E-state index in [0.29, 0.717) is 44.6 Å². The first-order valence-corrected chi connectivity index (χ1v) is 19.5. The number of rotatable bonds is 14. The normalized spacial score (nSPS) is 18.2. The molecule has 4 aromatic carbocycles. The number of ether oxygens (including phenoxy) is 5. The van der Waals surface area contributed by atoms with Crippen LogP contribution in [-0.4, -0.2) is 56.9 Å². The van der Waals surface area contributed by atoms with E-state index in [1.807, 2.05) is 54.6 Å². The van der Waals surface area contributed by atoms with E-state index in [2.05, 4.69) is 10.2 Å². The first-order chi connectivity index (χ1) is 27.7. The lowest BCUT2D eigenvalue weighted by Gasteiger charge is -2.43. The van der Waals surface area contributed by atoms with Crippen LogP contribution in [0, 0.1) is 11.1 Å². The summed E-state index contributed by atoms with van der Waals surface area (Å²) in [6.07, 6.45) is 3.20. The molecule has 11 nitrogen and oxygen atoms in total. The highest BCUT2D eigenvalue weighted by Gasteiger charge is 2.37. The molecule has 13 heteroatoms. The van der Waals surface area contributed by atoms with Crippen LogP contribution in [0.25, 0.3) is 0 Å². The van der Waals surface area contributed by atoms with Crippen LogP contribution in [-0.2, 0) is 22.5 Å². The van der Waals surface area contributed by atoms with Crippen molar-refractivity contribution in [2.75, 3.05) is 33.9 Å². The summed E-state index contributed by atoms with van der Waals surface area (Å²) in [5, 5.41) is 15.3. The number of nitrogens with zero attached hydrogens (tertiary/aromatic N) is 2. The maximum absolute atomic E-state index is 13.6. The average Bonchev–Trinajstić information content (AvgIpc) is 3.23. The highest BCUT2D eigenvalue weighted by molar-refractivity contribution is 6.35. The molecule has 0 radical (unpaired) electrons. The van der Waals surface area contributed by atoms with E-state index in [1.165, 1.54) is 26.6 Å². The third kappa shape index (κ3) is 9.73. The molecule has 0 saturated carbocycles. The molecule has 3 atom stereocenters. The first kappa shape index (κ1) is 39.7. The molecule has 0 aliphatic carbocycles. The number of methoxy groups -OCH3 is 2. The van der Waals surface area contributed by atoms with Crippen molar-refractivity contribution in [1.82, 2.24) is 10.2 Å². The quantitative estimate of drug-likeness (QED) is 0.0671. The fourth-order valence-electron chi connectivity index (χ4n) is 7.41. The number of pyridine rings is 1. The minimum atomic E-state index is -0.846. The molecular formula is C44H43Cl2N3O8. The third-order valence-electron chi connectivity index (χ3n) is 10.5. The summed E-state index contributed by atoms with van der Waals surface area (Å²) in [5.41, 5.74) is 3.95. The predicted molar refractivity (Wildman–Crippen MR) is 215 cm³/mol. The van der Waals surface area contributed by atoms with Crippen molar-refractivity contribution in [2.24, 2.45) is 5.92 Å². The maximum atomic E-state index is 13.6. The van der Waals surface area contributed by atoms with Gasteiger partial charge in [0, 0.05) is 18.5 Å². The Hall–Kier alpha value is -5.49. The van der Waals surface area contributed by atoms with Crippen LogP contribution in [0.1, 0.15) is 63.2 Å². The van der Waals surface area contributed by atoms with E-state index in [-0.39, 0.29) is 29.2 Å². The fourth-order valence-corrected chi connectivity index (χ4v) is 8.01.